The lowest BCUT2D eigenvalue weighted by Crippen LogP contribution is -2.50. The molecule has 1 amide bonds. The van der Waals surface area contributed by atoms with Gasteiger partial charge in [0.2, 0.25) is 0 Å². The van der Waals surface area contributed by atoms with Crippen molar-refractivity contribution in [2.45, 2.75) is 69.6 Å². The quantitative estimate of drug-likeness (QED) is 0.377. The third-order valence-corrected chi connectivity index (χ3v) is 8.46. The van der Waals surface area contributed by atoms with Crippen molar-refractivity contribution in [2.24, 2.45) is 0 Å². The Bertz CT molecular complexity index is 1540. The molecule has 11 heteroatoms. The standard InChI is InChI=1S/C28H30N8O3/c1-15(37)23-24(17-11-18-5-6-19(12-17)35(18)28(38)22-3-2-10-39-22)34-27-20(14-33-36(27)25(23)29)16-4-7-21(32-13-16)26-30-8-9-31-26/h4,7-9,13-14,17-19,22H,2-3,5-6,10-12,29H2,1H3,(H,30,31)/t17-,18+,19-,22?. The van der Waals surface area contributed by atoms with E-state index in [9.17, 15) is 9.59 Å². The van der Waals surface area contributed by atoms with Crippen LogP contribution in [0.25, 0.3) is 28.3 Å². The van der Waals surface area contributed by atoms with Crippen LogP contribution in [0.4, 0.5) is 5.82 Å². The molecule has 7 heterocycles. The van der Waals surface area contributed by atoms with Crippen LogP contribution < -0.4 is 5.73 Å². The highest BCUT2D eigenvalue weighted by atomic mass is 16.5. The Labute approximate surface area is 224 Å². The van der Waals surface area contributed by atoms with Crippen LogP contribution in [0.3, 0.4) is 0 Å². The highest BCUT2D eigenvalue weighted by Crippen LogP contribution is 2.45. The number of H-pyrrole nitrogens is 1. The molecule has 4 aromatic rings. The number of aromatic amines is 1. The molecule has 3 aliphatic rings. The van der Waals surface area contributed by atoms with Crippen LogP contribution in [0, 0.1) is 0 Å². The summed E-state index contributed by atoms with van der Waals surface area (Å²) >= 11 is 0. The molecule has 0 saturated carbocycles. The number of piperidine rings is 1. The van der Waals surface area contributed by atoms with E-state index in [1.165, 1.54) is 6.92 Å². The number of fused-ring (bicyclic) bond motifs is 3. The number of pyridine rings is 1. The maximum Gasteiger partial charge on any atom is 0.252 e. The zero-order valence-corrected chi connectivity index (χ0v) is 21.7. The second-order valence-corrected chi connectivity index (χ2v) is 10.8. The van der Waals surface area contributed by atoms with Gasteiger partial charge >= 0.3 is 0 Å². The number of ether oxygens (including phenoxy) is 1. The Balaban J connectivity index is 1.25. The van der Waals surface area contributed by atoms with Crippen LogP contribution in [-0.2, 0) is 9.53 Å². The number of hydrogen-bond donors (Lipinski definition) is 2. The van der Waals surface area contributed by atoms with E-state index in [0.717, 1.165) is 55.3 Å². The molecule has 0 aliphatic carbocycles. The number of nitrogens with two attached hydrogens (primary N) is 1. The maximum absolute atomic E-state index is 13.3. The van der Waals surface area contributed by atoms with Gasteiger partial charge in [-0.1, -0.05) is 6.07 Å². The number of rotatable bonds is 5. The fourth-order valence-electron chi connectivity index (χ4n) is 6.69. The van der Waals surface area contributed by atoms with Crippen molar-refractivity contribution in [1.82, 2.24) is 34.4 Å². The summed E-state index contributed by atoms with van der Waals surface area (Å²) in [5.74, 6) is 0.986. The van der Waals surface area contributed by atoms with Crippen LogP contribution >= 0.6 is 0 Å². The average molecular weight is 527 g/mol. The van der Waals surface area contributed by atoms with Crippen molar-refractivity contribution in [1.29, 1.82) is 0 Å². The molecular formula is C28H30N8O3. The molecule has 3 saturated heterocycles. The third-order valence-electron chi connectivity index (χ3n) is 8.46. The van der Waals surface area contributed by atoms with Gasteiger partial charge in [-0.05, 0) is 51.5 Å². The predicted molar refractivity (Wildman–Crippen MR) is 143 cm³/mol. The summed E-state index contributed by atoms with van der Waals surface area (Å²) in [7, 11) is 0. The summed E-state index contributed by atoms with van der Waals surface area (Å²) in [6.07, 6.45) is 11.7. The molecule has 4 atom stereocenters. The van der Waals surface area contributed by atoms with Gasteiger partial charge in [0.15, 0.2) is 17.3 Å². The van der Waals surface area contributed by atoms with Crippen LogP contribution in [0.2, 0.25) is 0 Å². The van der Waals surface area contributed by atoms with Crippen molar-refractivity contribution in [3.63, 3.8) is 0 Å². The first-order chi connectivity index (χ1) is 19.0. The number of aromatic nitrogens is 6. The predicted octanol–water partition coefficient (Wildman–Crippen LogP) is 3.38. The average Bonchev–Trinajstić information content (AvgIpc) is 3.75. The van der Waals surface area contributed by atoms with Crippen LogP contribution in [0.5, 0.6) is 0 Å². The van der Waals surface area contributed by atoms with Crippen molar-refractivity contribution >= 4 is 23.2 Å². The Morgan fingerprint density at radius 3 is 2.56 bits per heavy atom. The monoisotopic (exact) mass is 526 g/mol. The first-order valence-corrected chi connectivity index (χ1v) is 13.6. The van der Waals surface area contributed by atoms with E-state index in [0.29, 0.717) is 35.2 Å². The van der Waals surface area contributed by atoms with Crippen LogP contribution in [-0.4, -0.2) is 70.9 Å². The minimum absolute atomic E-state index is 0.0180. The summed E-state index contributed by atoms with van der Waals surface area (Å²) in [5, 5.41) is 4.48. The van der Waals surface area contributed by atoms with Crippen LogP contribution in [0.1, 0.15) is 67.4 Å². The number of nitrogens with one attached hydrogen (secondary N) is 1. The first kappa shape index (κ1) is 24.0. The molecule has 0 spiro atoms. The van der Waals surface area contributed by atoms with E-state index in [2.05, 4.69) is 25.0 Å². The number of Topliss-reactive ketones (excluding diaryl/α,β-unsaturated/α-hetero) is 1. The van der Waals surface area contributed by atoms with Crippen LogP contribution in [0.15, 0.2) is 36.9 Å². The molecule has 7 rings (SSSR count). The van der Waals surface area contributed by atoms with Gasteiger partial charge in [0.05, 0.1) is 17.5 Å². The van der Waals surface area contributed by atoms with Crippen molar-refractivity contribution < 1.29 is 14.3 Å². The highest BCUT2D eigenvalue weighted by molar-refractivity contribution is 6.00. The largest absolute Gasteiger partial charge is 0.383 e. The Kier molecular flexibility index (Phi) is 5.69. The molecule has 4 aromatic heterocycles. The van der Waals surface area contributed by atoms with Gasteiger partial charge in [0.25, 0.3) is 5.91 Å². The van der Waals surface area contributed by atoms with E-state index >= 15 is 0 Å². The molecule has 3 aliphatic heterocycles. The topological polar surface area (TPSA) is 144 Å². The van der Waals surface area contributed by atoms with Crippen molar-refractivity contribution in [3.8, 4) is 22.6 Å². The zero-order chi connectivity index (χ0) is 26.7. The van der Waals surface area contributed by atoms with E-state index < -0.39 is 0 Å². The first-order valence-electron chi connectivity index (χ1n) is 13.6. The second-order valence-electron chi connectivity index (χ2n) is 10.8. The second kappa shape index (κ2) is 9.26. The van der Waals surface area contributed by atoms with Crippen molar-refractivity contribution in [3.05, 3.63) is 48.2 Å². The fraction of sp³-hybridized carbons (Fsp3) is 0.429. The highest BCUT2D eigenvalue weighted by Gasteiger charge is 2.47. The van der Waals surface area contributed by atoms with Gasteiger partial charge in [-0.15, -0.1) is 0 Å². The summed E-state index contributed by atoms with van der Waals surface area (Å²) < 4.78 is 7.25. The Morgan fingerprint density at radius 2 is 1.92 bits per heavy atom. The molecule has 11 nitrogen and oxygen atoms in total. The molecule has 200 valence electrons. The molecule has 39 heavy (non-hydrogen) atoms. The lowest BCUT2D eigenvalue weighted by molar-refractivity contribution is -0.145. The number of nitrogens with zero attached hydrogens (tertiary/aromatic N) is 6. The number of amides is 1. The maximum atomic E-state index is 13.3. The molecular weight excluding hydrogens is 496 g/mol. The molecule has 0 radical (unpaired) electrons. The van der Waals surface area contributed by atoms with Gasteiger partial charge in [0.1, 0.15) is 17.6 Å². The summed E-state index contributed by atoms with van der Waals surface area (Å²) in [5.41, 5.74) is 10.6. The normalized spacial score (nSPS) is 24.5. The molecule has 3 N–H and O–H groups in total. The molecule has 2 bridgehead atoms. The number of carbonyl (C=O) groups is 2. The Morgan fingerprint density at radius 1 is 1.10 bits per heavy atom. The van der Waals surface area contributed by atoms with Gasteiger partial charge in [-0.3, -0.25) is 14.6 Å². The summed E-state index contributed by atoms with van der Waals surface area (Å²) in [6, 6.07) is 4.08. The van der Waals surface area contributed by atoms with E-state index in [-0.39, 0.29) is 35.8 Å². The van der Waals surface area contributed by atoms with E-state index in [1.807, 2.05) is 12.1 Å². The number of nitrogen functional groups attached to an aromatic ring is 1. The number of anilines is 1. The van der Waals surface area contributed by atoms with Gasteiger partial charge in [0, 0.05) is 54.3 Å². The number of imidazole rings is 1. The lowest BCUT2D eigenvalue weighted by Gasteiger charge is -2.40. The number of ketones is 1. The smallest absolute Gasteiger partial charge is 0.252 e. The lowest BCUT2D eigenvalue weighted by atomic mass is 9.85. The van der Waals surface area contributed by atoms with Gasteiger partial charge < -0.3 is 20.4 Å². The minimum atomic E-state index is -0.315. The van der Waals surface area contributed by atoms with Gasteiger partial charge in [-0.2, -0.15) is 9.61 Å². The summed E-state index contributed by atoms with van der Waals surface area (Å²) in [6.45, 7) is 2.18. The summed E-state index contributed by atoms with van der Waals surface area (Å²) in [4.78, 5) is 45.1. The molecule has 1 unspecified atom stereocenters. The SMILES string of the molecule is CC(=O)c1c([C@H]2C[C@H]3CC[C@@H](C2)N3C(=O)C2CCCO2)nc2c(-c3ccc(-c4ncc[nH]4)nc3)cnn2c1N. The Hall–Kier alpha value is -4.12. The van der Waals surface area contributed by atoms with E-state index in [4.69, 9.17) is 15.5 Å². The fourth-order valence-corrected chi connectivity index (χ4v) is 6.69. The minimum Gasteiger partial charge on any atom is -0.383 e. The number of carbonyl (C=O) groups excluding carboxylic acids is 2. The zero-order valence-electron chi connectivity index (χ0n) is 21.7. The van der Waals surface area contributed by atoms with Crippen molar-refractivity contribution in [2.75, 3.05) is 12.3 Å². The molecule has 3 fully saturated rings. The molecule has 0 aromatic carbocycles. The number of hydrogen-bond acceptors (Lipinski definition) is 8. The van der Waals surface area contributed by atoms with E-state index in [1.54, 1.807) is 29.3 Å². The van der Waals surface area contributed by atoms with Gasteiger partial charge in [-0.25, -0.2) is 9.97 Å². The third kappa shape index (κ3) is 3.91.